The normalized spacial score (nSPS) is 11.6. The van der Waals surface area contributed by atoms with Crippen LogP contribution in [0.1, 0.15) is 33.3 Å². The second-order valence-electron chi connectivity index (χ2n) is 6.30. The van der Waals surface area contributed by atoms with Crippen molar-refractivity contribution in [3.8, 4) is 0 Å². The number of hydrogen-bond donors (Lipinski definition) is 0. The maximum atomic E-state index is 2.75. The Labute approximate surface area is 178 Å². The molecule has 2 aromatic rings. The molecule has 0 aliphatic carbocycles. The minimum Gasteiger partial charge on any atom is -1.00 e. The van der Waals surface area contributed by atoms with Gasteiger partial charge in [0.1, 0.15) is 5.30 Å². The second kappa shape index (κ2) is 12.1. The van der Waals surface area contributed by atoms with E-state index in [9.17, 15) is 0 Å². The summed E-state index contributed by atoms with van der Waals surface area (Å²) < 4.78 is 5.50. The fraction of sp³-hybridized carbons (Fsp3) is 0.455. The SMILES string of the molecule is CCN(CC)[P+](CCc1ccccc1)(c1ccccc1)N(CC)CC.[I-]. The molecule has 2 aromatic carbocycles. The van der Waals surface area contributed by atoms with Gasteiger partial charge in [0, 0.05) is 32.6 Å². The van der Waals surface area contributed by atoms with Crippen LogP contribution in [0, 0.1) is 0 Å². The van der Waals surface area contributed by atoms with Crippen LogP contribution in [-0.4, -0.2) is 41.7 Å². The highest BCUT2D eigenvalue weighted by Gasteiger charge is 2.50. The summed E-state index contributed by atoms with van der Waals surface area (Å²) in [5.41, 5.74) is 1.45. The molecule has 0 N–H and O–H groups in total. The predicted octanol–water partition coefficient (Wildman–Crippen LogP) is 2.09. The molecule has 0 fully saturated rings. The summed E-state index contributed by atoms with van der Waals surface area (Å²) in [6.45, 7) is 13.7. The lowest BCUT2D eigenvalue weighted by atomic mass is 10.2. The van der Waals surface area contributed by atoms with Gasteiger partial charge in [-0.25, -0.2) is 0 Å². The third kappa shape index (κ3) is 5.28. The average molecular weight is 484 g/mol. The molecule has 2 rings (SSSR count). The number of nitrogens with zero attached hydrogens (tertiary/aromatic N) is 2. The lowest BCUT2D eigenvalue weighted by Crippen LogP contribution is -3.00. The molecule has 0 aliphatic rings. The van der Waals surface area contributed by atoms with E-state index in [2.05, 4.69) is 97.7 Å². The zero-order valence-electron chi connectivity index (χ0n) is 16.7. The van der Waals surface area contributed by atoms with Gasteiger partial charge in [0.05, 0.1) is 6.16 Å². The second-order valence-corrected chi connectivity index (χ2v) is 9.86. The fourth-order valence-corrected chi connectivity index (χ4v) is 8.82. The first kappa shape index (κ1) is 23.6. The first-order valence-electron chi connectivity index (χ1n) is 9.71. The smallest absolute Gasteiger partial charge is 0.186 e. The third-order valence-corrected chi connectivity index (χ3v) is 10.1. The molecule has 0 spiro atoms. The summed E-state index contributed by atoms with van der Waals surface area (Å²) >= 11 is 0. The van der Waals surface area contributed by atoms with Crippen LogP contribution in [0.2, 0.25) is 0 Å². The largest absolute Gasteiger partial charge is 1.00 e. The van der Waals surface area contributed by atoms with E-state index in [1.807, 2.05) is 0 Å². The van der Waals surface area contributed by atoms with Crippen LogP contribution in [0.15, 0.2) is 60.7 Å². The van der Waals surface area contributed by atoms with E-state index < -0.39 is 7.56 Å². The molecule has 0 radical (unpaired) electrons. The molecule has 0 saturated carbocycles. The van der Waals surface area contributed by atoms with Crippen LogP contribution >= 0.6 is 7.56 Å². The lowest BCUT2D eigenvalue weighted by molar-refractivity contribution is -0.00000556. The van der Waals surface area contributed by atoms with Crippen molar-refractivity contribution in [3.05, 3.63) is 66.2 Å². The molecule has 0 bridgehead atoms. The minimum atomic E-state index is -1.57. The Morgan fingerprint density at radius 2 is 1.08 bits per heavy atom. The summed E-state index contributed by atoms with van der Waals surface area (Å²) in [7, 11) is -1.57. The number of halogens is 1. The van der Waals surface area contributed by atoms with Crippen molar-refractivity contribution in [2.45, 2.75) is 34.1 Å². The Morgan fingerprint density at radius 3 is 1.50 bits per heavy atom. The fourth-order valence-electron chi connectivity index (χ4n) is 3.90. The zero-order chi connectivity index (χ0) is 18.1. The van der Waals surface area contributed by atoms with Crippen molar-refractivity contribution in [3.63, 3.8) is 0 Å². The average Bonchev–Trinajstić information content (AvgIpc) is 2.68. The maximum Gasteiger partial charge on any atom is 0.186 e. The van der Waals surface area contributed by atoms with Gasteiger partial charge in [0.2, 0.25) is 0 Å². The number of hydrogen-bond acceptors (Lipinski definition) is 2. The van der Waals surface area contributed by atoms with Crippen molar-refractivity contribution < 1.29 is 24.0 Å². The van der Waals surface area contributed by atoms with Crippen molar-refractivity contribution in [1.29, 1.82) is 0 Å². The van der Waals surface area contributed by atoms with Gasteiger partial charge in [-0.2, -0.15) is 9.34 Å². The van der Waals surface area contributed by atoms with E-state index >= 15 is 0 Å². The number of aryl methyl sites for hydroxylation is 1. The lowest BCUT2D eigenvalue weighted by Gasteiger charge is -2.42. The van der Waals surface area contributed by atoms with Gasteiger partial charge in [-0.1, -0.05) is 48.5 Å². The predicted molar refractivity (Wildman–Crippen MR) is 114 cm³/mol. The maximum absolute atomic E-state index is 2.75. The molecule has 0 aliphatic heterocycles. The molecule has 26 heavy (non-hydrogen) atoms. The molecular formula is C22H34IN2P. The van der Waals surface area contributed by atoms with Gasteiger partial charge in [0.25, 0.3) is 0 Å². The molecular weight excluding hydrogens is 450 g/mol. The number of benzene rings is 2. The Morgan fingerprint density at radius 1 is 0.654 bits per heavy atom. The van der Waals surface area contributed by atoms with Crippen LogP contribution < -0.4 is 29.3 Å². The van der Waals surface area contributed by atoms with E-state index in [0.29, 0.717) is 0 Å². The molecule has 0 saturated heterocycles. The Kier molecular flexibility index (Phi) is 10.9. The highest BCUT2D eigenvalue weighted by Crippen LogP contribution is 2.63. The molecule has 0 heterocycles. The van der Waals surface area contributed by atoms with Crippen LogP contribution in [0.4, 0.5) is 0 Å². The molecule has 4 heteroatoms. The molecule has 144 valence electrons. The summed E-state index contributed by atoms with van der Waals surface area (Å²) in [4.78, 5) is 0. The van der Waals surface area contributed by atoms with Crippen LogP contribution in [-0.2, 0) is 6.42 Å². The van der Waals surface area contributed by atoms with Gasteiger partial charge < -0.3 is 24.0 Å². The molecule has 0 amide bonds. The van der Waals surface area contributed by atoms with Gasteiger partial charge in [0.15, 0.2) is 7.56 Å². The summed E-state index contributed by atoms with van der Waals surface area (Å²) in [6.07, 6.45) is 2.35. The van der Waals surface area contributed by atoms with E-state index in [-0.39, 0.29) is 24.0 Å². The van der Waals surface area contributed by atoms with Crippen molar-refractivity contribution in [1.82, 2.24) is 9.34 Å². The molecule has 0 aromatic heterocycles. The van der Waals surface area contributed by atoms with Crippen molar-refractivity contribution in [2.75, 3.05) is 32.3 Å². The molecule has 0 unspecified atom stereocenters. The topological polar surface area (TPSA) is 6.48 Å². The van der Waals surface area contributed by atoms with Gasteiger partial charge in [-0.15, -0.1) is 0 Å². The summed E-state index contributed by atoms with van der Waals surface area (Å²) in [5.74, 6) is 0. The van der Waals surface area contributed by atoms with Gasteiger partial charge in [-0.3, -0.25) is 0 Å². The van der Waals surface area contributed by atoms with Crippen LogP contribution in [0.5, 0.6) is 0 Å². The zero-order valence-corrected chi connectivity index (χ0v) is 19.8. The number of rotatable bonds is 10. The molecule has 2 nitrogen and oxygen atoms in total. The Bertz CT molecular complexity index is 586. The monoisotopic (exact) mass is 484 g/mol. The first-order valence-corrected chi connectivity index (χ1v) is 11.6. The van der Waals surface area contributed by atoms with E-state index in [0.717, 1.165) is 32.6 Å². The van der Waals surface area contributed by atoms with Crippen LogP contribution in [0.3, 0.4) is 0 Å². The first-order chi connectivity index (χ1) is 12.2. The van der Waals surface area contributed by atoms with Crippen molar-refractivity contribution in [2.24, 2.45) is 0 Å². The van der Waals surface area contributed by atoms with Gasteiger partial charge >= 0.3 is 0 Å². The van der Waals surface area contributed by atoms with Crippen LogP contribution in [0.25, 0.3) is 0 Å². The Hall–Kier alpha value is -0.480. The third-order valence-electron chi connectivity index (χ3n) is 5.12. The van der Waals surface area contributed by atoms with E-state index in [1.54, 1.807) is 0 Å². The molecule has 0 atom stereocenters. The van der Waals surface area contributed by atoms with E-state index in [4.69, 9.17) is 0 Å². The highest BCUT2D eigenvalue weighted by molar-refractivity contribution is 7.78. The van der Waals surface area contributed by atoms with E-state index in [1.165, 1.54) is 17.0 Å². The highest BCUT2D eigenvalue weighted by atomic mass is 127. The van der Waals surface area contributed by atoms with Crippen molar-refractivity contribution >= 4 is 12.9 Å². The summed E-state index contributed by atoms with van der Waals surface area (Å²) in [5, 5.41) is 1.53. The quantitative estimate of drug-likeness (QED) is 0.377. The Balaban J connectivity index is 0.00000338. The summed E-state index contributed by atoms with van der Waals surface area (Å²) in [6, 6.07) is 22.2. The minimum absolute atomic E-state index is 0. The van der Waals surface area contributed by atoms with Gasteiger partial charge in [-0.05, 0) is 45.4 Å². The standard InChI is InChI=1S/C22H34N2P.HI/c1-5-23(6-2)25(24(7-3)8-4,22-17-13-10-14-18-22)20-19-21-15-11-9-12-16-21;/h9-18H,5-8,19-20H2,1-4H3;1H/q+1;/p-1.